The number of hydrogen-bond donors (Lipinski definition) is 3. The van der Waals surface area contributed by atoms with E-state index in [-0.39, 0.29) is 0 Å². The smallest absolute Gasteiger partial charge is 0.307 e. The van der Waals surface area contributed by atoms with Gasteiger partial charge in [-0.3, -0.25) is 5.43 Å². The second-order valence-electron chi connectivity index (χ2n) is 4.64. The second kappa shape index (κ2) is 6.41. The molecule has 21 heavy (non-hydrogen) atoms. The summed E-state index contributed by atoms with van der Waals surface area (Å²) >= 11 is 6.00. The molecule has 6 nitrogen and oxygen atoms in total. The van der Waals surface area contributed by atoms with Crippen LogP contribution in [-0.2, 0) is 0 Å². The summed E-state index contributed by atoms with van der Waals surface area (Å²) in [5.41, 5.74) is 8.31. The first-order valence-electron chi connectivity index (χ1n) is 6.35. The summed E-state index contributed by atoms with van der Waals surface area (Å²) in [6, 6.07) is 6.70. The Morgan fingerprint density at radius 1 is 1.10 bits per heavy atom. The second-order valence-corrected chi connectivity index (χ2v) is 5.05. The van der Waals surface area contributed by atoms with E-state index < -0.39 is 6.03 Å². The number of urea groups is 1. The maximum Gasteiger partial charge on any atom is 0.337 e. The molecule has 1 aromatic heterocycles. The van der Waals surface area contributed by atoms with Gasteiger partial charge in [0.05, 0.1) is 0 Å². The van der Waals surface area contributed by atoms with Crippen LogP contribution in [0.5, 0.6) is 0 Å². The maximum atomic E-state index is 11.8. The van der Waals surface area contributed by atoms with E-state index in [0.717, 1.165) is 17.0 Å². The van der Waals surface area contributed by atoms with Gasteiger partial charge in [-0.15, -0.1) is 0 Å². The molecule has 0 aliphatic heterocycles. The van der Waals surface area contributed by atoms with E-state index in [1.807, 2.05) is 32.9 Å². The van der Waals surface area contributed by atoms with Crippen LogP contribution in [0.15, 0.2) is 24.3 Å². The molecule has 0 radical (unpaired) electrons. The molecule has 2 aromatic rings. The lowest BCUT2D eigenvalue weighted by Gasteiger charge is -2.10. The highest BCUT2D eigenvalue weighted by Gasteiger charge is 2.04. The van der Waals surface area contributed by atoms with Crippen LogP contribution >= 0.6 is 11.6 Å². The SMILES string of the molecule is Cc1cc(C)nc(NNC(=O)Nc2ccc(C)c(Cl)c2)n1. The Labute approximate surface area is 127 Å². The highest BCUT2D eigenvalue weighted by molar-refractivity contribution is 6.31. The predicted molar refractivity (Wildman–Crippen MR) is 83.5 cm³/mol. The van der Waals surface area contributed by atoms with Crippen molar-refractivity contribution >= 4 is 29.3 Å². The summed E-state index contributed by atoms with van der Waals surface area (Å²) in [5.74, 6) is 0.338. The normalized spacial score (nSPS) is 10.1. The van der Waals surface area contributed by atoms with Crippen molar-refractivity contribution in [3.8, 4) is 0 Å². The van der Waals surface area contributed by atoms with Crippen LogP contribution < -0.4 is 16.2 Å². The van der Waals surface area contributed by atoms with Crippen LogP contribution in [0.1, 0.15) is 17.0 Å². The van der Waals surface area contributed by atoms with Crippen LogP contribution in [-0.4, -0.2) is 16.0 Å². The molecule has 1 aromatic carbocycles. The van der Waals surface area contributed by atoms with Gasteiger partial charge in [0.2, 0.25) is 5.95 Å². The van der Waals surface area contributed by atoms with Gasteiger partial charge in [-0.2, -0.15) is 0 Å². The van der Waals surface area contributed by atoms with E-state index in [2.05, 4.69) is 26.1 Å². The molecule has 0 saturated carbocycles. The number of hydrogen-bond acceptors (Lipinski definition) is 4. The maximum absolute atomic E-state index is 11.8. The van der Waals surface area contributed by atoms with Gasteiger partial charge < -0.3 is 5.32 Å². The van der Waals surface area contributed by atoms with Gasteiger partial charge >= 0.3 is 6.03 Å². The Morgan fingerprint density at radius 2 is 1.76 bits per heavy atom. The Balaban J connectivity index is 1.94. The van der Waals surface area contributed by atoms with Gasteiger partial charge in [-0.05, 0) is 44.5 Å². The summed E-state index contributed by atoms with van der Waals surface area (Å²) in [6.45, 7) is 5.60. The minimum absolute atomic E-state index is 0.338. The fourth-order valence-corrected chi connectivity index (χ4v) is 1.91. The molecule has 0 fully saturated rings. The van der Waals surface area contributed by atoms with E-state index in [1.54, 1.807) is 12.1 Å². The Morgan fingerprint density at radius 3 is 2.38 bits per heavy atom. The topological polar surface area (TPSA) is 78.9 Å². The van der Waals surface area contributed by atoms with Crippen molar-refractivity contribution in [1.29, 1.82) is 0 Å². The number of benzene rings is 1. The molecule has 2 amide bonds. The zero-order valence-corrected chi connectivity index (χ0v) is 12.7. The van der Waals surface area contributed by atoms with Crippen molar-refractivity contribution in [3.63, 3.8) is 0 Å². The molecule has 0 unspecified atom stereocenters. The van der Waals surface area contributed by atoms with Crippen LogP contribution in [0, 0.1) is 20.8 Å². The van der Waals surface area contributed by atoms with Gasteiger partial charge in [0.25, 0.3) is 0 Å². The summed E-state index contributed by atoms with van der Waals surface area (Å²) in [6.07, 6.45) is 0. The molecule has 0 aliphatic carbocycles. The zero-order chi connectivity index (χ0) is 15.4. The largest absolute Gasteiger partial charge is 0.337 e. The fourth-order valence-electron chi connectivity index (χ4n) is 1.73. The van der Waals surface area contributed by atoms with Crippen molar-refractivity contribution in [1.82, 2.24) is 15.4 Å². The minimum Gasteiger partial charge on any atom is -0.307 e. The molecule has 2 rings (SSSR count). The number of halogens is 1. The molecule has 0 bridgehead atoms. The van der Waals surface area contributed by atoms with Gasteiger partial charge in [0.1, 0.15) is 0 Å². The highest BCUT2D eigenvalue weighted by Crippen LogP contribution is 2.19. The highest BCUT2D eigenvalue weighted by atomic mass is 35.5. The molecular formula is C14H16ClN5O. The van der Waals surface area contributed by atoms with Crippen molar-refractivity contribution < 1.29 is 4.79 Å². The van der Waals surface area contributed by atoms with Crippen molar-refractivity contribution in [2.24, 2.45) is 0 Å². The van der Waals surface area contributed by atoms with Crippen LogP contribution in [0.2, 0.25) is 5.02 Å². The first kappa shape index (κ1) is 15.1. The number of aryl methyl sites for hydroxylation is 3. The van der Waals surface area contributed by atoms with Gasteiger partial charge in [0, 0.05) is 22.1 Å². The van der Waals surface area contributed by atoms with Crippen LogP contribution in [0.25, 0.3) is 0 Å². The summed E-state index contributed by atoms with van der Waals surface area (Å²) in [5, 5.41) is 3.25. The third kappa shape index (κ3) is 4.32. The number of amides is 2. The Kier molecular flexibility index (Phi) is 4.59. The van der Waals surface area contributed by atoms with E-state index in [0.29, 0.717) is 16.7 Å². The Bertz CT molecular complexity index is 654. The van der Waals surface area contributed by atoms with E-state index in [4.69, 9.17) is 11.6 Å². The summed E-state index contributed by atoms with van der Waals surface area (Å²) in [7, 11) is 0. The molecule has 0 atom stereocenters. The molecule has 1 heterocycles. The summed E-state index contributed by atoms with van der Waals surface area (Å²) in [4.78, 5) is 20.1. The van der Waals surface area contributed by atoms with Crippen LogP contribution in [0.3, 0.4) is 0 Å². The lowest BCUT2D eigenvalue weighted by molar-refractivity contribution is 0.253. The van der Waals surface area contributed by atoms with Crippen molar-refractivity contribution in [2.75, 3.05) is 10.7 Å². The number of anilines is 2. The number of nitrogens with one attached hydrogen (secondary N) is 3. The fraction of sp³-hybridized carbons (Fsp3) is 0.214. The van der Waals surface area contributed by atoms with Crippen molar-refractivity contribution in [3.05, 3.63) is 46.2 Å². The lowest BCUT2D eigenvalue weighted by Crippen LogP contribution is -2.34. The number of rotatable bonds is 3. The average Bonchev–Trinajstić information content (AvgIpc) is 2.40. The number of carbonyl (C=O) groups excluding carboxylic acids is 1. The van der Waals surface area contributed by atoms with E-state index in [1.165, 1.54) is 0 Å². The number of hydrazine groups is 1. The first-order valence-corrected chi connectivity index (χ1v) is 6.73. The molecule has 0 aliphatic rings. The third-order valence-corrected chi connectivity index (χ3v) is 3.11. The molecule has 0 saturated heterocycles. The predicted octanol–water partition coefficient (Wildman–Crippen LogP) is 3.20. The van der Waals surface area contributed by atoms with Gasteiger partial charge in [-0.1, -0.05) is 17.7 Å². The monoisotopic (exact) mass is 305 g/mol. The summed E-state index contributed by atoms with van der Waals surface area (Å²) < 4.78 is 0. The van der Waals surface area contributed by atoms with Crippen molar-refractivity contribution in [2.45, 2.75) is 20.8 Å². The van der Waals surface area contributed by atoms with E-state index in [9.17, 15) is 4.79 Å². The third-order valence-electron chi connectivity index (χ3n) is 2.70. The molecule has 7 heteroatoms. The first-order chi connectivity index (χ1) is 9.94. The average molecular weight is 306 g/mol. The zero-order valence-electron chi connectivity index (χ0n) is 12.0. The van der Waals surface area contributed by atoms with Gasteiger partial charge in [-0.25, -0.2) is 20.2 Å². The van der Waals surface area contributed by atoms with E-state index >= 15 is 0 Å². The molecule has 110 valence electrons. The lowest BCUT2D eigenvalue weighted by atomic mass is 10.2. The number of aromatic nitrogens is 2. The number of carbonyl (C=O) groups is 1. The minimum atomic E-state index is -0.433. The van der Waals surface area contributed by atoms with Gasteiger partial charge in [0.15, 0.2) is 0 Å². The number of nitrogens with zero attached hydrogens (tertiary/aromatic N) is 2. The molecular weight excluding hydrogens is 290 g/mol. The standard InChI is InChI=1S/C14H16ClN5O/c1-8-4-5-11(7-12(8)15)18-14(21)20-19-13-16-9(2)6-10(3)17-13/h4-7H,1-3H3,(H,16,17,19)(H2,18,20,21). The quantitative estimate of drug-likeness (QED) is 0.761. The molecule has 3 N–H and O–H groups in total. The molecule has 0 spiro atoms. The van der Waals surface area contributed by atoms with Crippen LogP contribution in [0.4, 0.5) is 16.4 Å². The Hall–Kier alpha value is -2.34.